The Morgan fingerprint density at radius 1 is 1.58 bits per heavy atom. The van der Waals surface area contributed by atoms with E-state index in [1.165, 1.54) is 0 Å². The van der Waals surface area contributed by atoms with Gasteiger partial charge in [0.2, 0.25) is 0 Å². The fourth-order valence-corrected chi connectivity index (χ4v) is 2.15. The molecule has 0 saturated carbocycles. The summed E-state index contributed by atoms with van der Waals surface area (Å²) in [6, 6.07) is 1.71. The van der Waals surface area contributed by atoms with Gasteiger partial charge in [-0.3, -0.25) is 9.48 Å². The van der Waals surface area contributed by atoms with Crippen LogP contribution < -0.4 is 5.32 Å². The fraction of sp³-hybridized carbons (Fsp3) is 0.583. The largest absolute Gasteiger partial charge is 0.481 e. The van der Waals surface area contributed by atoms with Crippen molar-refractivity contribution in [1.82, 2.24) is 20.0 Å². The summed E-state index contributed by atoms with van der Waals surface area (Å²) in [6.45, 7) is 1.31. The highest BCUT2D eigenvalue weighted by molar-refractivity contribution is 5.77. The van der Waals surface area contributed by atoms with E-state index >= 15 is 0 Å². The Morgan fingerprint density at radius 3 is 2.95 bits per heavy atom. The molecule has 1 unspecified atom stereocenters. The van der Waals surface area contributed by atoms with Crippen LogP contribution in [0.15, 0.2) is 12.3 Å². The normalized spacial score (nSPS) is 18.6. The lowest BCUT2D eigenvalue weighted by molar-refractivity contribution is -0.141. The molecule has 7 nitrogen and oxygen atoms in total. The highest BCUT2D eigenvalue weighted by Crippen LogP contribution is 2.15. The van der Waals surface area contributed by atoms with Crippen molar-refractivity contribution in [2.45, 2.75) is 12.8 Å². The van der Waals surface area contributed by atoms with E-state index in [0.29, 0.717) is 32.5 Å². The minimum absolute atomic E-state index is 0.195. The van der Waals surface area contributed by atoms with E-state index in [2.05, 4.69) is 10.4 Å². The number of rotatable bonds is 4. The van der Waals surface area contributed by atoms with Gasteiger partial charge in [-0.15, -0.1) is 0 Å². The van der Waals surface area contributed by atoms with Crippen molar-refractivity contribution in [2.24, 2.45) is 13.0 Å². The number of likely N-dealkylation sites (tertiary alicyclic amines) is 1. The van der Waals surface area contributed by atoms with Crippen LogP contribution in [0.4, 0.5) is 4.79 Å². The number of aromatic nitrogens is 2. The number of hydrogen-bond donors (Lipinski definition) is 2. The summed E-state index contributed by atoms with van der Waals surface area (Å²) in [5.74, 6) is -1.26. The molecule has 1 aromatic heterocycles. The van der Waals surface area contributed by atoms with Gasteiger partial charge < -0.3 is 15.3 Å². The smallest absolute Gasteiger partial charge is 0.317 e. The molecule has 1 atom stereocenters. The molecule has 2 rings (SSSR count). The number of carboxylic acid groups (broad SMARTS) is 1. The molecule has 19 heavy (non-hydrogen) atoms. The number of carbonyl (C=O) groups is 2. The number of nitrogens with zero attached hydrogens (tertiary/aromatic N) is 3. The number of nitrogens with one attached hydrogen (secondary N) is 1. The van der Waals surface area contributed by atoms with E-state index in [1.807, 2.05) is 19.3 Å². The van der Waals surface area contributed by atoms with Crippen LogP contribution in [-0.2, 0) is 18.3 Å². The summed E-state index contributed by atoms with van der Waals surface area (Å²) in [6.07, 6.45) is 3.06. The number of hydrogen-bond acceptors (Lipinski definition) is 3. The van der Waals surface area contributed by atoms with Crippen LogP contribution in [0.5, 0.6) is 0 Å². The number of amides is 2. The monoisotopic (exact) mass is 266 g/mol. The molecular weight excluding hydrogens is 248 g/mol. The average molecular weight is 266 g/mol. The second-order valence-electron chi connectivity index (χ2n) is 4.73. The first-order valence-corrected chi connectivity index (χ1v) is 6.30. The van der Waals surface area contributed by atoms with Crippen molar-refractivity contribution in [3.8, 4) is 0 Å². The summed E-state index contributed by atoms with van der Waals surface area (Å²) in [5, 5.41) is 15.9. The lowest BCUT2D eigenvalue weighted by Crippen LogP contribution is -2.39. The van der Waals surface area contributed by atoms with Crippen molar-refractivity contribution >= 4 is 12.0 Å². The fourth-order valence-electron chi connectivity index (χ4n) is 2.15. The summed E-state index contributed by atoms with van der Waals surface area (Å²) < 4.78 is 1.72. The van der Waals surface area contributed by atoms with Crippen LogP contribution in [0.3, 0.4) is 0 Å². The van der Waals surface area contributed by atoms with Crippen molar-refractivity contribution in [1.29, 1.82) is 0 Å². The third-order valence-corrected chi connectivity index (χ3v) is 3.25. The molecule has 1 aliphatic rings. The highest BCUT2D eigenvalue weighted by atomic mass is 16.4. The molecule has 1 saturated heterocycles. The number of aliphatic carboxylic acids is 1. The standard InChI is InChI=1S/C12H18N4O3/c1-15-6-4-10(14-15)2-5-13-12(19)16-7-3-9(8-16)11(17)18/h4,6,9H,2-3,5,7-8H2,1H3,(H,13,19)(H,17,18). The molecular formula is C12H18N4O3. The van der Waals surface area contributed by atoms with Crippen LogP contribution in [-0.4, -0.2) is 51.4 Å². The van der Waals surface area contributed by atoms with Crippen molar-refractivity contribution in [3.05, 3.63) is 18.0 Å². The van der Waals surface area contributed by atoms with Gasteiger partial charge in [0.15, 0.2) is 0 Å². The summed E-state index contributed by atoms with van der Waals surface area (Å²) in [7, 11) is 1.85. The summed E-state index contributed by atoms with van der Waals surface area (Å²) in [4.78, 5) is 24.2. The maximum Gasteiger partial charge on any atom is 0.317 e. The van der Waals surface area contributed by atoms with Gasteiger partial charge in [-0.05, 0) is 12.5 Å². The Labute approximate surface area is 111 Å². The van der Waals surface area contributed by atoms with Crippen molar-refractivity contribution in [2.75, 3.05) is 19.6 Å². The van der Waals surface area contributed by atoms with Gasteiger partial charge in [-0.2, -0.15) is 5.10 Å². The molecule has 2 amide bonds. The molecule has 0 radical (unpaired) electrons. The number of carboxylic acids is 1. The Morgan fingerprint density at radius 2 is 2.37 bits per heavy atom. The van der Waals surface area contributed by atoms with Crippen molar-refractivity contribution in [3.63, 3.8) is 0 Å². The van der Waals surface area contributed by atoms with Gasteiger partial charge in [0, 0.05) is 39.3 Å². The Bertz CT molecular complexity index is 471. The predicted octanol–water partition coefficient (Wildman–Crippen LogP) is 0.0787. The van der Waals surface area contributed by atoms with Gasteiger partial charge in [-0.1, -0.05) is 0 Å². The van der Waals surface area contributed by atoms with Gasteiger partial charge >= 0.3 is 12.0 Å². The van der Waals surface area contributed by atoms with E-state index in [-0.39, 0.29) is 6.03 Å². The molecule has 104 valence electrons. The van der Waals surface area contributed by atoms with Gasteiger partial charge in [-0.25, -0.2) is 4.79 Å². The second kappa shape index (κ2) is 5.73. The molecule has 1 aromatic rings. The summed E-state index contributed by atoms with van der Waals surface area (Å²) >= 11 is 0. The first-order chi connectivity index (χ1) is 9.06. The van der Waals surface area contributed by atoms with E-state index in [9.17, 15) is 9.59 Å². The zero-order valence-corrected chi connectivity index (χ0v) is 10.9. The molecule has 7 heteroatoms. The Hall–Kier alpha value is -2.05. The lowest BCUT2D eigenvalue weighted by Gasteiger charge is -2.16. The zero-order valence-electron chi connectivity index (χ0n) is 10.9. The molecule has 1 aliphatic heterocycles. The van der Waals surface area contributed by atoms with E-state index in [0.717, 1.165) is 5.69 Å². The highest BCUT2D eigenvalue weighted by Gasteiger charge is 2.30. The first kappa shape index (κ1) is 13.4. The second-order valence-corrected chi connectivity index (χ2v) is 4.73. The van der Waals surface area contributed by atoms with Crippen LogP contribution in [0.1, 0.15) is 12.1 Å². The molecule has 2 heterocycles. The van der Waals surface area contributed by atoms with Crippen LogP contribution >= 0.6 is 0 Å². The van der Waals surface area contributed by atoms with Crippen LogP contribution in [0, 0.1) is 5.92 Å². The Balaban J connectivity index is 1.72. The third kappa shape index (κ3) is 3.46. The number of carbonyl (C=O) groups excluding carboxylic acids is 1. The molecule has 2 N–H and O–H groups in total. The first-order valence-electron chi connectivity index (χ1n) is 6.30. The predicted molar refractivity (Wildman–Crippen MR) is 67.6 cm³/mol. The van der Waals surface area contributed by atoms with Gasteiger partial charge in [0.25, 0.3) is 0 Å². The van der Waals surface area contributed by atoms with Gasteiger partial charge in [0.05, 0.1) is 11.6 Å². The number of aryl methyl sites for hydroxylation is 1. The molecule has 0 spiro atoms. The topological polar surface area (TPSA) is 87.5 Å². The number of urea groups is 1. The maximum absolute atomic E-state index is 11.8. The zero-order chi connectivity index (χ0) is 13.8. The minimum Gasteiger partial charge on any atom is -0.481 e. The molecule has 1 fully saturated rings. The summed E-state index contributed by atoms with van der Waals surface area (Å²) in [5.41, 5.74) is 0.924. The maximum atomic E-state index is 11.8. The quantitative estimate of drug-likeness (QED) is 0.808. The van der Waals surface area contributed by atoms with Crippen molar-refractivity contribution < 1.29 is 14.7 Å². The van der Waals surface area contributed by atoms with E-state index < -0.39 is 11.9 Å². The third-order valence-electron chi connectivity index (χ3n) is 3.25. The van der Waals surface area contributed by atoms with Crippen LogP contribution in [0.2, 0.25) is 0 Å². The van der Waals surface area contributed by atoms with Gasteiger partial charge in [0.1, 0.15) is 0 Å². The SMILES string of the molecule is Cn1ccc(CCNC(=O)N2CCC(C(=O)O)C2)n1. The van der Waals surface area contributed by atoms with Crippen LogP contribution in [0.25, 0.3) is 0 Å². The molecule has 0 bridgehead atoms. The van der Waals surface area contributed by atoms with E-state index in [4.69, 9.17) is 5.11 Å². The average Bonchev–Trinajstić information content (AvgIpc) is 2.98. The van der Waals surface area contributed by atoms with E-state index in [1.54, 1.807) is 9.58 Å². The molecule has 0 aromatic carbocycles. The minimum atomic E-state index is -0.830. The Kier molecular flexibility index (Phi) is 4.03. The lowest BCUT2D eigenvalue weighted by atomic mass is 10.1. The molecule has 0 aliphatic carbocycles.